The van der Waals surface area contributed by atoms with E-state index in [4.69, 9.17) is 5.41 Å². The van der Waals surface area contributed by atoms with Gasteiger partial charge in [0, 0.05) is 17.8 Å². The van der Waals surface area contributed by atoms with Gasteiger partial charge in [0.15, 0.2) is 5.82 Å². The quantitative estimate of drug-likeness (QED) is 0.443. The lowest BCUT2D eigenvalue weighted by Gasteiger charge is -2.19. The molecule has 1 aliphatic carbocycles. The molecule has 0 fully saturated rings. The minimum atomic E-state index is 0.433. The van der Waals surface area contributed by atoms with Gasteiger partial charge < -0.3 is 21.4 Å². The van der Waals surface area contributed by atoms with E-state index >= 15 is 0 Å². The number of aryl methyl sites for hydroxylation is 1. The number of quaternary nitrogens is 1. The van der Waals surface area contributed by atoms with Crippen LogP contribution < -0.4 is 16.0 Å². The molecule has 3 rings (SSSR count). The second kappa shape index (κ2) is 9.34. The lowest BCUT2D eigenvalue weighted by Crippen LogP contribution is -2.73. The van der Waals surface area contributed by atoms with Crippen LogP contribution in [0, 0.1) is 5.41 Å². The third kappa shape index (κ3) is 4.75. The van der Waals surface area contributed by atoms with E-state index in [-0.39, 0.29) is 0 Å². The summed E-state index contributed by atoms with van der Waals surface area (Å²) in [6, 6.07) is 6.97. The van der Waals surface area contributed by atoms with Crippen molar-refractivity contribution in [3.05, 3.63) is 47.6 Å². The maximum absolute atomic E-state index is 7.46. The number of nitrogens with zero attached hydrogens (tertiary/aromatic N) is 3. The summed E-state index contributed by atoms with van der Waals surface area (Å²) in [5.41, 5.74) is 4.41. The molecule has 0 amide bonds. The topological polar surface area (TPSA) is 103 Å². The first kappa shape index (κ1) is 19.1. The number of allylic oxidation sites excluding steroid dienone is 1. The third-order valence-electron chi connectivity index (χ3n) is 4.75. The minimum absolute atomic E-state index is 0.433. The summed E-state index contributed by atoms with van der Waals surface area (Å²) in [7, 11) is 1.90. The van der Waals surface area contributed by atoms with E-state index in [1.165, 1.54) is 42.9 Å². The molecule has 0 saturated carbocycles. The summed E-state index contributed by atoms with van der Waals surface area (Å²) in [6.45, 7) is 3.14. The zero-order chi connectivity index (χ0) is 19.1. The van der Waals surface area contributed by atoms with Gasteiger partial charge in [-0.15, -0.1) is 0 Å². The number of aromatic nitrogens is 3. The van der Waals surface area contributed by atoms with E-state index in [2.05, 4.69) is 50.7 Å². The highest BCUT2D eigenvalue weighted by molar-refractivity contribution is 5.79. The van der Waals surface area contributed by atoms with Crippen molar-refractivity contribution in [2.45, 2.75) is 38.6 Å². The molecule has 0 bridgehead atoms. The Labute approximate surface area is 160 Å². The molecule has 0 aliphatic heterocycles. The summed E-state index contributed by atoms with van der Waals surface area (Å²) in [6.07, 6.45) is 9.29. The highest BCUT2D eigenvalue weighted by Gasteiger charge is 2.18. The fraction of sp³-hybridized carbons (Fsp3) is 0.400. The molecular formula is C20H28N7+. The van der Waals surface area contributed by atoms with Gasteiger partial charge >= 0.3 is 0 Å². The molecule has 7 heteroatoms. The van der Waals surface area contributed by atoms with Gasteiger partial charge in [-0.05, 0) is 43.0 Å². The smallest absolute Gasteiger partial charge is 0.230 e. The van der Waals surface area contributed by atoms with Crippen molar-refractivity contribution in [1.29, 1.82) is 5.41 Å². The fourth-order valence-corrected chi connectivity index (χ4v) is 3.51. The molecule has 1 atom stereocenters. The molecule has 0 saturated heterocycles. The van der Waals surface area contributed by atoms with E-state index in [1.54, 1.807) is 6.20 Å². The molecule has 1 aromatic carbocycles. The predicted molar refractivity (Wildman–Crippen MR) is 108 cm³/mol. The van der Waals surface area contributed by atoms with Crippen LogP contribution in [0.1, 0.15) is 43.4 Å². The van der Waals surface area contributed by atoms with Crippen LogP contribution in [0.25, 0.3) is 11.4 Å². The average Bonchev–Trinajstić information content (AvgIpc) is 2.90. The van der Waals surface area contributed by atoms with Gasteiger partial charge in [0.25, 0.3) is 0 Å². The Morgan fingerprint density at radius 1 is 1.33 bits per heavy atom. The summed E-state index contributed by atoms with van der Waals surface area (Å²) in [4.78, 5) is 13.1. The summed E-state index contributed by atoms with van der Waals surface area (Å²) in [5, 5.41) is 16.0. The zero-order valence-corrected chi connectivity index (χ0v) is 16.0. The highest BCUT2D eigenvalue weighted by atomic mass is 15.1. The third-order valence-corrected chi connectivity index (χ3v) is 4.75. The van der Waals surface area contributed by atoms with E-state index < -0.39 is 0 Å². The number of hydrogen-bond acceptors (Lipinski definition) is 6. The number of anilines is 1. The molecule has 0 spiro atoms. The van der Waals surface area contributed by atoms with Gasteiger partial charge in [-0.2, -0.15) is 4.98 Å². The van der Waals surface area contributed by atoms with Gasteiger partial charge in [0.1, 0.15) is 18.2 Å². The number of nitrogens with two attached hydrogens (primary N) is 1. The molecule has 0 radical (unpaired) electrons. The summed E-state index contributed by atoms with van der Waals surface area (Å²) >= 11 is 0. The van der Waals surface area contributed by atoms with E-state index in [0.717, 1.165) is 18.5 Å². The Morgan fingerprint density at radius 2 is 2.22 bits per heavy atom. The first-order valence-electron chi connectivity index (χ1n) is 9.58. The Hall–Kier alpha value is -2.64. The summed E-state index contributed by atoms with van der Waals surface area (Å²) in [5.74, 6) is 1.08. The van der Waals surface area contributed by atoms with Crippen LogP contribution in [0.2, 0.25) is 0 Å². The molecule has 5 N–H and O–H groups in total. The largest absolute Gasteiger partial charge is 0.321 e. The number of rotatable bonds is 7. The van der Waals surface area contributed by atoms with Crippen molar-refractivity contribution in [1.82, 2.24) is 20.3 Å². The molecule has 1 unspecified atom stereocenters. The Morgan fingerprint density at radius 3 is 3.00 bits per heavy atom. The molecular weight excluding hydrogens is 338 g/mol. The molecule has 2 aromatic rings. The van der Waals surface area contributed by atoms with Gasteiger partial charge in [-0.25, -0.2) is 9.97 Å². The number of fused-ring (bicyclic) bond motifs is 1. The Kier molecular flexibility index (Phi) is 6.62. The zero-order valence-electron chi connectivity index (χ0n) is 16.0. The van der Waals surface area contributed by atoms with Crippen LogP contribution in [0.15, 0.2) is 36.4 Å². The second-order valence-electron chi connectivity index (χ2n) is 6.63. The predicted octanol–water partition coefficient (Wildman–Crippen LogP) is 2.01. The van der Waals surface area contributed by atoms with Crippen molar-refractivity contribution < 1.29 is 5.32 Å². The molecule has 1 aliphatic rings. The van der Waals surface area contributed by atoms with Gasteiger partial charge in [-0.1, -0.05) is 25.5 Å². The van der Waals surface area contributed by atoms with Crippen molar-refractivity contribution in [2.75, 3.05) is 18.9 Å². The molecule has 142 valence electrons. The monoisotopic (exact) mass is 366 g/mol. The van der Waals surface area contributed by atoms with E-state index in [0.29, 0.717) is 23.5 Å². The molecule has 1 aromatic heterocycles. The van der Waals surface area contributed by atoms with Crippen molar-refractivity contribution >= 4 is 12.2 Å². The van der Waals surface area contributed by atoms with Crippen LogP contribution >= 0.6 is 0 Å². The maximum Gasteiger partial charge on any atom is 0.230 e. The first-order chi connectivity index (χ1) is 13.2. The van der Waals surface area contributed by atoms with Crippen molar-refractivity contribution in [3.8, 4) is 11.4 Å². The van der Waals surface area contributed by atoms with E-state index in [9.17, 15) is 0 Å². The Balaban J connectivity index is 1.89. The summed E-state index contributed by atoms with van der Waals surface area (Å²) < 4.78 is 0. The van der Waals surface area contributed by atoms with Crippen LogP contribution in [0.3, 0.4) is 0 Å². The number of nitrogens with one attached hydrogen (secondary N) is 3. The lowest BCUT2D eigenvalue weighted by atomic mass is 9.96. The van der Waals surface area contributed by atoms with Crippen molar-refractivity contribution in [3.63, 3.8) is 0 Å². The standard InChI is InChI=1S/C20H27N7/c1-3-23-18-7-5-4-6-14-10-15(8-9-17(14)18)19-24-13-25-20(27-19)26-16(11-21)12-22-2/h8-13,18,21-23H,3-7H2,1-2H3,(H,24,25,26,27)/p+1. The minimum Gasteiger partial charge on any atom is -0.321 e. The molecule has 1 heterocycles. The highest BCUT2D eigenvalue weighted by Crippen LogP contribution is 2.31. The second-order valence-corrected chi connectivity index (χ2v) is 6.63. The SMILES string of the molecule is CCNC1CCCCc2cc(-c3ncnc(NC(C=N)=C[NH2+]C)n3)ccc21. The molecule has 7 nitrogen and oxygen atoms in total. The molecule has 27 heavy (non-hydrogen) atoms. The maximum atomic E-state index is 7.46. The Bertz CT molecular complexity index is 816. The van der Waals surface area contributed by atoms with Gasteiger partial charge in [0.2, 0.25) is 5.95 Å². The van der Waals surface area contributed by atoms with Crippen LogP contribution in [-0.4, -0.2) is 34.8 Å². The van der Waals surface area contributed by atoms with E-state index in [1.807, 2.05) is 12.4 Å². The van der Waals surface area contributed by atoms with Crippen LogP contribution in [0.5, 0.6) is 0 Å². The normalized spacial score (nSPS) is 17.1. The van der Waals surface area contributed by atoms with Gasteiger partial charge in [-0.3, -0.25) is 0 Å². The van der Waals surface area contributed by atoms with Crippen molar-refractivity contribution in [2.24, 2.45) is 0 Å². The average molecular weight is 366 g/mol. The van der Waals surface area contributed by atoms with Crippen LogP contribution in [-0.2, 0) is 6.42 Å². The fourth-order valence-electron chi connectivity index (χ4n) is 3.51. The number of benzene rings is 1. The first-order valence-corrected chi connectivity index (χ1v) is 9.58. The lowest BCUT2D eigenvalue weighted by molar-refractivity contribution is -0.556. The number of hydrogen-bond donors (Lipinski definition) is 4. The van der Waals surface area contributed by atoms with Crippen LogP contribution in [0.4, 0.5) is 5.95 Å². The van der Waals surface area contributed by atoms with Gasteiger partial charge in [0.05, 0.1) is 7.05 Å².